The van der Waals surface area contributed by atoms with E-state index < -0.39 is 0 Å². The normalized spacial score (nSPS) is 15.1. The van der Waals surface area contributed by atoms with Crippen molar-refractivity contribution in [3.05, 3.63) is 94.4 Å². The summed E-state index contributed by atoms with van der Waals surface area (Å²) in [5.41, 5.74) is 5.71. The van der Waals surface area contributed by atoms with E-state index >= 15 is 0 Å². The predicted octanol–water partition coefficient (Wildman–Crippen LogP) is 4.29. The Morgan fingerprint density at radius 2 is 1.78 bits per heavy atom. The van der Waals surface area contributed by atoms with Gasteiger partial charge in [-0.25, -0.2) is 0 Å². The second kappa shape index (κ2) is 8.60. The number of carbonyl (C=O) groups excluding carboxylic acids is 1. The first-order chi connectivity index (χ1) is 17.5. The standard InChI is InChI=1S/C27H25N7O2/c1-16-8-4-5-9-19(16)15-36-22-11-7-6-10-20(22)21-14-25(35)28-27-26(21)17(2)31-34(27)24-13-12-23-30-29-18(3)33(23)32-24/h4-13,21H,14-15H2,1-3H3,(H,28,35)/t21-/m1/s1. The lowest BCUT2D eigenvalue weighted by Gasteiger charge is -2.26. The van der Waals surface area contributed by atoms with E-state index in [0.717, 1.165) is 28.1 Å². The molecule has 4 heterocycles. The van der Waals surface area contributed by atoms with Crippen LogP contribution in [0.2, 0.25) is 0 Å². The molecule has 1 amide bonds. The van der Waals surface area contributed by atoms with Crippen LogP contribution in [0.15, 0.2) is 60.7 Å². The van der Waals surface area contributed by atoms with Crippen LogP contribution in [-0.4, -0.2) is 35.5 Å². The smallest absolute Gasteiger partial charge is 0.226 e. The number of hydrogen-bond acceptors (Lipinski definition) is 6. The van der Waals surface area contributed by atoms with E-state index in [4.69, 9.17) is 9.84 Å². The Hall–Kier alpha value is -4.53. The molecule has 0 saturated carbocycles. The first-order valence-corrected chi connectivity index (χ1v) is 11.8. The molecule has 0 unspecified atom stereocenters. The Kier molecular flexibility index (Phi) is 5.25. The summed E-state index contributed by atoms with van der Waals surface area (Å²) in [6.45, 7) is 6.33. The van der Waals surface area contributed by atoms with Gasteiger partial charge in [-0.15, -0.1) is 15.3 Å². The molecule has 9 nitrogen and oxygen atoms in total. The van der Waals surface area contributed by atoms with Crippen LogP contribution >= 0.6 is 0 Å². The Bertz CT molecular complexity index is 1620. The average Bonchev–Trinajstić information content (AvgIpc) is 3.42. The van der Waals surface area contributed by atoms with Crippen molar-refractivity contribution in [3.63, 3.8) is 0 Å². The van der Waals surface area contributed by atoms with Crippen LogP contribution in [0, 0.1) is 20.8 Å². The van der Waals surface area contributed by atoms with Gasteiger partial charge < -0.3 is 10.1 Å². The van der Waals surface area contributed by atoms with E-state index in [1.54, 1.807) is 9.20 Å². The zero-order valence-corrected chi connectivity index (χ0v) is 20.3. The molecule has 0 bridgehead atoms. The molecule has 1 atom stereocenters. The second-order valence-electron chi connectivity index (χ2n) is 9.03. The van der Waals surface area contributed by atoms with Crippen molar-refractivity contribution < 1.29 is 9.53 Å². The highest BCUT2D eigenvalue weighted by Crippen LogP contribution is 2.43. The van der Waals surface area contributed by atoms with Gasteiger partial charge in [0.05, 0.1) is 5.69 Å². The van der Waals surface area contributed by atoms with Crippen LogP contribution in [-0.2, 0) is 11.4 Å². The third-order valence-corrected chi connectivity index (χ3v) is 6.66. The molecule has 5 aromatic rings. The van der Waals surface area contributed by atoms with E-state index in [1.165, 1.54) is 5.56 Å². The number of anilines is 1. The zero-order chi connectivity index (χ0) is 24.8. The van der Waals surface area contributed by atoms with Crippen molar-refractivity contribution in [1.82, 2.24) is 29.6 Å². The van der Waals surface area contributed by atoms with Crippen LogP contribution in [0.25, 0.3) is 11.5 Å². The summed E-state index contributed by atoms with van der Waals surface area (Å²) in [5.74, 6) is 2.35. The average molecular weight is 480 g/mol. The van der Waals surface area contributed by atoms with E-state index in [9.17, 15) is 4.79 Å². The third kappa shape index (κ3) is 3.69. The van der Waals surface area contributed by atoms with Crippen molar-refractivity contribution in [2.24, 2.45) is 0 Å². The van der Waals surface area contributed by atoms with E-state index in [2.05, 4.69) is 39.7 Å². The topological polar surface area (TPSA) is 99.2 Å². The highest BCUT2D eigenvalue weighted by Gasteiger charge is 2.34. The molecule has 6 rings (SSSR count). The summed E-state index contributed by atoms with van der Waals surface area (Å²) in [7, 11) is 0. The van der Waals surface area contributed by atoms with Crippen LogP contribution in [0.4, 0.5) is 5.82 Å². The van der Waals surface area contributed by atoms with Crippen molar-refractivity contribution in [1.29, 1.82) is 0 Å². The predicted molar refractivity (Wildman–Crippen MR) is 134 cm³/mol. The first kappa shape index (κ1) is 22.0. The summed E-state index contributed by atoms with van der Waals surface area (Å²) < 4.78 is 9.65. The summed E-state index contributed by atoms with van der Waals surface area (Å²) in [5, 5.41) is 20.6. The fourth-order valence-corrected chi connectivity index (χ4v) is 4.81. The number of ether oxygens (including phenoxy) is 1. The molecular formula is C27H25N7O2. The number of carbonyl (C=O) groups is 1. The van der Waals surface area contributed by atoms with Crippen LogP contribution in [0.3, 0.4) is 0 Å². The molecule has 1 aliphatic heterocycles. The fourth-order valence-electron chi connectivity index (χ4n) is 4.81. The minimum Gasteiger partial charge on any atom is -0.489 e. The number of benzene rings is 2. The SMILES string of the molecule is Cc1ccccc1COc1ccccc1[C@H]1CC(=O)Nc2c1c(C)nn2-c1ccc2nnc(C)n2n1. The molecule has 36 heavy (non-hydrogen) atoms. The summed E-state index contributed by atoms with van der Waals surface area (Å²) >= 11 is 0. The molecule has 0 fully saturated rings. The maximum absolute atomic E-state index is 12.9. The maximum Gasteiger partial charge on any atom is 0.226 e. The Morgan fingerprint density at radius 3 is 2.64 bits per heavy atom. The monoisotopic (exact) mass is 479 g/mol. The molecule has 1 N–H and O–H groups in total. The molecule has 0 radical (unpaired) electrons. The highest BCUT2D eigenvalue weighted by molar-refractivity contribution is 5.95. The number of para-hydroxylation sites is 1. The Balaban J connectivity index is 1.41. The fraction of sp³-hybridized carbons (Fsp3) is 0.222. The molecule has 0 saturated heterocycles. The molecule has 3 aromatic heterocycles. The number of nitrogens with zero attached hydrogens (tertiary/aromatic N) is 6. The van der Waals surface area contributed by atoms with Gasteiger partial charge in [0, 0.05) is 23.5 Å². The number of hydrogen-bond donors (Lipinski definition) is 1. The number of aromatic nitrogens is 6. The maximum atomic E-state index is 12.9. The van der Waals surface area contributed by atoms with Crippen LogP contribution < -0.4 is 10.1 Å². The lowest BCUT2D eigenvalue weighted by molar-refractivity contribution is -0.116. The van der Waals surface area contributed by atoms with Crippen LogP contribution in [0.5, 0.6) is 5.75 Å². The summed E-state index contributed by atoms with van der Waals surface area (Å²) in [6.07, 6.45) is 0.307. The molecule has 0 spiro atoms. The third-order valence-electron chi connectivity index (χ3n) is 6.66. The van der Waals surface area contributed by atoms with Crippen molar-refractivity contribution >= 4 is 17.4 Å². The number of amides is 1. The van der Waals surface area contributed by atoms with Gasteiger partial charge in [0.25, 0.3) is 0 Å². The second-order valence-corrected chi connectivity index (χ2v) is 9.03. The lowest BCUT2D eigenvalue weighted by atomic mass is 9.85. The number of nitrogens with one attached hydrogen (secondary N) is 1. The quantitative estimate of drug-likeness (QED) is 0.404. The van der Waals surface area contributed by atoms with Crippen LogP contribution in [0.1, 0.15) is 46.1 Å². The number of rotatable bonds is 5. The Morgan fingerprint density at radius 1 is 0.972 bits per heavy atom. The Labute approximate surface area is 207 Å². The van der Waals surface area contributed by atoms with Gasteiger partial charge in [0.1, 0.15) is 18.2 Å². The summed E-state index contributed by atoms with van der Waals surface area (Å²) in [4.78, 5) is 12.9. The highest BCUT2D eigenvalue weighted by atomic mass is 16.5. The zero-order valence-electron chi connectivity index (χ0n) is 20.3. The van der Waals surface area contributed by atoms with E-state index in [1.807, 2.05) is 62.4 Å². The lowest BCUT2D eigenvalue weighted by Crippen LogP contribution is -2.25. The summed E-state index contributed by atoms with van der Waals surface area (Å²) in [6, 6.07) is 19.8. The molecule has 1 aliphatic rings. The first-order valence-electron chi connectivity index (χ1n) is 11.8. The molecule has 9 heteroatoms. The van der Waals surface area contributed by atoms with Gasteiger partial charge in [-0.2, -0.15) is 14.3 Å². The van der Waals surface area contributed by atoms with Crippen molar-refractivity contribution in [2.45, 2.75) is 39.7 Å². The minimum absolute atomic E-state index is 0.0797. The van der Waals surface area contributed by atoms with Gasteiger partial charge >= 0.3 is 0 Å². The minimum atomic E-state index is -0.198. The van der Waals surface area contributed by atoms with Gasteiger partial charge in [-0.05, 0) is 50.1 Å². The molecule has 180 valence electrons. The van der Waals surface area contributed by atoms with Gasteiger partial charge in [-0.3, -0.25) is 4.79 Å². The number of aryl methyl sites for hydroxylation is 3. The largest absolute Gasteiger partial charge is 0.489 e. The van der Waals surface area contributed by atoms with Gasteiger partial charge in [-0.1, -0.05) is 42.5 Å². The molecule has 2 aromatic carbocycles. The van der Waals surface area contributed by atoms with Crippen molar-refractivity contribution in [2.75, 3.05) is 5.32 Å². The van der Waals surface area contributed by atoms with E-state index in [0.29, 0.717) is 36.1 Å². The van der Waals surface area contributed by atoms with Gasteiger partial charge in [0.15, 0.2) is 17.3 Å². The van der Waals surface area contributed by atoms with Gasteiger partial charge in [0.2, 0.25) is 5.91 Å². The van der Waals surface area contributed by atoms with Crippen molar-refractivity contribution in [3.8, 4) is 11.6 Å². The molecule has 0 aliphatic carbocycles. The number of fused-ring (bicyclic) bond motifs is 2. The van der Waals surface area contributed by atoms with E-state index in [-0.39, 0.29) is 11.8 Å². The molecular weight excluding hydrogens is 454 g/mol.